The first-order valence-electron chi connectivity index (χ1n) is 6.98. The maximum atomic E-state index is 5.92. The number of rotatable bonds is 3. The van der Waals surface area contributed by atoms with E-state index in [4.69, 9.17) is 15.2 Å². The lowest BCUT2D eigenvalue weighted by Gasteiger charge is -2.21. The van der Waals surface area contributed by atoms with Crippen LogP contribution in [0.4, 0.5) is 0 Å². The molecule has 1 aliphatic heterocycles. The van der Waals surface area contributed by atoms with Crippen molar-refractivity contribution in [3.05, 3.63) is 23.8 Å². The Labute approximate surface area is 108 Å². The molecule has 98 valence electrons. The van der Waals surface area contributed by atoms with Gasteiger partial charge in [0.15, 0.2) is 0 Å². The second-order valence-corrected chi connectivity index (χ2v) is 5.43. The predicted molar refractivity (Wildman–Crippen MR) is 70.9 cm³/mol. The van der Waals surface area contributed by atoms with Gasteiger partial charge in [0, 0.05) is 11.6 Å². The van der Waals surface area contributed by atoms with Gasteiger partial charge in [0.25, 0.3) is 0 Å². The molecule has 1 aromatic carbocycles. The van der Waals surface area contributed by atoms with Gasteiger partial charge in [-0.1, -0.05) is 19.3 Å². The molecule has 1 saturated carbocycles. The van der Waals surface area contributed by atoms with Gasteiger partial charge in [0.2, 0.25) is 0 Å². The molecule has 18 heavy (non-hydrogen) atoms. The maximum Gasteiger partial charge on any atom is 0.127 e. The quantitative estimate of drug-likeness (QED) is 0.893. The van der Waals surface area contributed by atoms with Crippen LogP contribution in [0.3, 0.4) is 0 Å². The third kappa shape index (κ3) is 2.46. The molecule has 3 nitrogen and oxygen atoms in total. The highest BCUT2D eigenvalue weighted by molar-refractivity contribution is 5.44. The van der Waals surface area contributed by atoms with Crippen LogP contribution in [-0.2, 0) is 0 Å². The Morgan fingerprint density at radius 3 is 2.89 bits per heavy atom. The van der Waals surface area contributed by atoms with Gasteiger partial charge >= 0.3 is 0 Å². The van der Waals surface area contributed by atoms with Gasteiger partial charge < -0.3 is 15.2 Å². The van der Waals surface area contributed by atoms with Crippen LogP contribution in [0.25, 0.3) is 0 Å². The van der Waals surface area contributed by atoms with Crippen molar-refractivity contribution < 1.29 is 9.47 Å². The van der Waals surface area contributed by atoms with E-state index in [-0.39, 0.29) is 6.04 Å². The standard InChI is InChI=1S/C15H21NO2/c16-14-10-18-15-8-12(6-7-13(14)15)17-9-11-4-2-1-3-5-11/h6-8,11,14H,1-5,9-10,16H2. The largest absolute Gasteiger partial charge is 0.493 e. The minimum absolute atomic E-state index is 0.0207. The van der Waals surface area contributed by atoms with Crippen molar-refractivity contribution in [3.63, 3.8) is 0 Å². The first-order chi connectivity index (χ1) is 8.83. The van der Waals surface area contributed by atoms with E-state index in [1.807, 2.05) is 18.2 Å². The van der Waals surface area contributed by atoms with Crippen molar-refractivity contribution in [1.82, 2.24) is 0 Å². The summed E-state index contributed by atoms with van der Waals surface area (Å²) in [6.07, 6.45) is 6.73. The minimum atomic E-state index is 0.0207. The van der Waals surface area contributed by atoms with Crippen molar-refractivity contribution in [2.75, 3.05) is 13.2 Å². The molecule has 1 fully saturated rings. The summed E-state index contributed by atoms with van der Waals surface area (Å²) in [5, 5.41) is 0. The second kappa shape index (κ2) is 5.19. The lowest BCUT2D eigenvalue weighted by molar-refractivity contribution is 0.208. The van der Waals surface area contributed by atoms with E-state index in [0.717, 1.165) is 29.6 Å². The van der Waals surface area contributed by atoms with Crippen LogP contribution >= 0.6 is 0 Å². The average Bonchev–Trinajstić information content (AvgIpc) is 2.79. The number of ether oxygens (including phenoxy) is 2. The molecule has 1 unspecified atom stereocenters. The van der Waals surface area contributed by atoms with E-state index in [9.17, 15) is 0 Å². The molecule has 1 heterocycles. The molecule has 3 rings (SSSR count). The van der Waals surface area contributed by atoms with Crippen LogP contribution in [-0.4, -0.2) is 13.2 Å². The summed E-state index contributed by atoms with van der Waals surface area (Å²) in [5.41, 5.74) is 7.02. The zero-order valence-electron chi connectivity index (χ0n) is 10.7. The summed E-state index contributed by atoms with van der Waals surface area (Å²) < 4.78 is 11.4. The number of benzene rings is 1. The highest BCUT2D eigenvalue weighted by Gasteiger charge is 2.21. The molecule has 0 saturated heterocycles. The fraction of sp³-hybridized carbons (Fsp3) is 0.600. The predicted octanol–water partition coefficient (Wildman–Crippen LogP) is 3.04. The Balaban J connectivity index is 1.60. The first kappa shape index (κ1) is 11.8. The molecule has 3 heteroatoms. The molecule has 0 aromatic heterocycles. The second-order valence-electron chi connectivity index (χ2n) is 5.43. The van der Waals surface area contributed by atoms with E-state index in [2.05, 4.69) is 0 Å². The van der Waals surface area contributed by atoms with E-state index >= 15 is 0 Å². The van der Waals surface area contributed by atoms with Crippen molar-refractivity contribution >= 4 is 0 Å². The van der Waals surface area contributed by atoms with E-state index in [0.29, 0.717) is 6.61 Å². The molecule has 1 atom stereocenters. The maximum absolute atomic E-state index is 5.92. The van der Waals surface area contributed by atoms with Gasteiger partial charge in [-0.15, -0.1) is 0 Å². The van der Waals surface area contributed by atoms with Gasteiger partial charge in [0.1, 0.15) is 18.1 Å². The van der Waals surface area contributed by atoms with Crippen LogP contribution in [0.1, 0.15) is 43.7 Å². The molecule has 0 bridgehead atoms. The number of hydrogen-bond acceptors (Lipinski definition) is 3. The van der Waals surface area contributed by atoms with Gasteiger partial charge in [-0.2, -0.15) is 0 Å². The molecule has 1 aliphatic carbocycles. The van der Waals surface area contributed by atoms with Crippen LogP contribution in [0.15, 0.2) is 18.2 Å². The number of nitrogens with two attached hydrogens (primary N) is 1. The lowest BCUT2D eigenvalue weighted by Crippen LogP contribution is -2.15. The normalized spacial score (nSPS) is 23.5. The van der Waals surface area contributed by atoms with Gasteiger partial charge in [0.05, 0.1) is 12.6 Å². The van der Waals surface area contributed by atoms with Gasteiger partial charge in [-0.3, -0.25) is 0 Å². The average molecular weight is 247 g/mol. The zero-order valence-corrected chi connectivity index (χ0v) is 10.7. The Morgan fingerprint density at radius 1 is 1.22 bits per heavy atom. The van der Waals surface area contributed by atoms with Crippen LogP contribution in [0.2, 0.25) is 0 Å². The molecular weight excluding hydrogens is 226 g/mol. The lowest BCUT2D eigenvalue weighted by atomic mass is 9.90. The van der Waals surface area contributed by atoms with Gasteiger partial charge in [-0.25, -0.2) is 0 Å². The topological polar surface area (TPSA) is 44.5 Å². The Morgan fingerprint density at radius 2 is 2.06 bits per heavy atom. The van der Waals surface area contributed by atoms with E-state index in [1.54, 1.807) is 0 Å². The monoisotopic (exact) mass is 247 g/mol. The summed E-state index contributed by atoms with van der Waals surface area (Å²) in [4.78, 5) is 0. The molecule has 2 N–H and O–H groups in total. The summed E-state index contributed by atoms with van der Waals surface area (Å²) in [6.45, 7) is 1.42. The van der Waals surface area contributed by atoms with Crippen molar-refractivity contribution in [1.29, 1.82) is 0 Å². The van der Waals surface area contributed by atoms with Crippen molar-refractivity contribution in [2.24, 2.45) is 11.7 Å². The summed E-state index contributed by atoms with van der Waals surface area (Å²) >= 11 is 0. The Bertz CT molecular complexity index is 413. The third-order valence-electron chi connectivity index (χ3n) is 4.01. The smallest absolute Gasteiger partial charge is 0.127 e. The van der Waals surface area contributed by atoms with Crippen LogP contribution in [0, 0.1) is 5.92 Å². The number of hydrogen-bond donors (Lipinski definition) is 1. The Kier molecular flexibility index (Phi) is 3.41. The highest BCUT2D eigenvalue weighted by Crippen LogP contribution is 2.34. The molecule has 0 amide bonds. The van der Waals surface area contributed by atoms with Crippen molar-refractivity contribution in [3.8, 4) is 11.5 Å². The fourth-order valence-electron chi connectivity index (χ4n) is 2.87. The number of fused-ring (bicyclic) bond motifs is 1. The molecule has 1 aromatic rings. The van der Waals surface area contributed by atoms with Gasteiger partial charge in [-0.05, 0) is 30.9 Å². The fourth-order valence-corrected chi connectivity index (χ4v) is 2.87. The first-order valence-corrected chi connectivity index (χ1v) is 6.98. The molecule has 0 spiro atoms. The molecule has 0 radical (unpaired) electrons. The van der Waals surface area contributed by atoms with E-state index in [1.165, 1.54) is 32.1 Å². The molecular formula is C15H21NO2. The van der Waals surface area contributed by atoms with E-state index < -0.39 is 0 Å². The zero-order chi connectivity index (χ0) is 12.4. The van der Waals surface area contributed by atoms with Crippen molar-refractivity contribution in [2.45, 2.75) is 38.1 Å². The van der Waals surface area contributed by atoms with Crippen LogP contribution < -0.4 is 15.2 Å². The van der Waals surface area contributed by atoms with Crippen LogP contribution in [0.5, 0.6) is 11.5 Å². The summed E-state index contributed by atoms with van der Waals surface area (Å²) in [5.74, 6) is 2.53. The third-order valence-corrected chi connectivity index (χ3v) is 4.01. The molecule has 2 aliphatic rings. The minimum Gasteiger partial charge on any atom is -0.493 e. The summed E-state index contributed by atoms with van der Waals surface area (Å²) in [6, 6.07) is 6.04. The Hall–Kier alpha value is -1.22. The SMILES string of the molecule is NC1COc2cc(OCC3CCCCC3)ccc21. The highest BCUT2D eigenvalue weighted by atomic mass is 16.5. The summed E-state index contributed by atoms with van der Waals surface area (Å²) in [7, 11) is 0.